The minimum atomic E-state index is 0.0945. The van der Waals surface area contributed by atoms with E-state index in [0.29, 0.717) is 5.02 Å². The maximum Gasteiger partial charge on any atom is 0.152 e. The van der Waals surface area contributed by atoms with Crippen molar-refractivity contribution in [3.8, 4) is 0 Å². The van der Waals surface area contributed by atoms with Crippen molar-refractivity contribution in [1.82, 2.24) is 5.32 Å². The zero-order valence-corrected chi connectivity index (χ0v) is 11.5. The average Bonchev–Trinajstić information content (AvgIpc) is 2.57. The number of halogens is 1. The van der Waals surface area contributed by atoms with Crippen LogP contribution in [0.25, 0.3) is 11.0 Å². The maximum atomic E-state index is 6.15. The highest BCUT2D eigenvalue weighted by atomic mass is 35.5. The molecule has 2 rings (SSSR count). The fourth-order valence-electron chi connectivity index (χ4n) is 1.78. The van der Waals surface area contributed by atoms with Crippen molar-refractivity contribution >= 4 is 22.6 Å². The Hall–Kier alpha value is -0.990. The molecule has 0 aliphatic carbocycles. The van der Waals surface area contributed by atoms with Crippen molar-refractivity contribution < 1.29 is 4.42 Å². The molecular formula is C14H18ClNO. The summed E-state index contributed by atoms with van der Waals surface area (Å²) in [5.41, 5.74) is 3.18. The molecule has 0 radical (unpaired) electrons. The Kier molecular flexibility index (Phi) is 3.19. The second kappa shape index (κ2) is 4.35. The molecular weight excluding hydrogens is 234 g/mol. The third kappa shape index (κ3) is 2.82. The number of hydrogen-bond donors (Lipinski definition) is 1. The van der Waals surface area contributed by atoms with Crippen LogP contribution in [0.3, 0.4) is 0 Å². The third-order valence-electron chi connectivity index (χ3n) is 2.66. The molecule has 0 amide bonds. The van der Waals surface area contributed by atoms with Gasteiger partial charge in [0.25, 0.3) is 0 Å². The molecule has 1 aromatic carbocycles. The van der Waals surface area contributed by atoms with Crippen molar-refractivity contribution in [2.75, 3.05) is 0 Å². The number of fused-ring (bicyclic) bond motifs is 1. The topological polar surface area (TPSA) is 25.2 Å². The molecule has 0 saturated heterocycles. The van der Waals surface area contributed by atoms with E-state index >= 15 is 0 Å². The molecule has 2 aromatic rings. The zero-order valence-electron chi connectivity index (χ0n) is 10.7. The summed E-state index contributed by atoms with van der Waals surface area (Å²) in [5, 5.41) is 5.24. The van der Waals surface area contributed by atoms with Crippen LogP contribution >= 0.6 is 11.6 Å². The summed E-state index contributed by atoms with van der Waals surface area (Å²) < 4.78 is 5.53. The first-order chi connectivity index (χ1) is 7.87. The molecule has 92 valence electrons. The molecule has 0 aliphatic rings. The van der Waals surface area contributed by atoms with Crippen LogP contribution in [-0.2, 0) is 6.54 Å². The number of rotatable bonds is 2. The smallest absolute Gasteiger partial charge is 0.152 e. The van der Waals surface area contributed by atoms with E-state index in [0.717, 1.165) is 28.6 Å². The quantitative estimate of drug-likeness (QED) is 0.862. The number of benzene rings is 1. The van der Waals surface area contributed by atoms with Gasteiger partial charge in [-0.15, -0.1) is 0 Å². The van der Waals surface area contributed by atoms with Gasteiger partial charge in [-0.3, -0.25) is 0 Å². The van der Waals surface area contributed by atoms with Crippen molar-refractivity contribution in [1.29, 1.82) is 0 Å². The highest BCUT2D eigenvalue weighted by molar-refractivity contribution is 6.35. The Morgan fingerprint density at radius 1 is 1.29 bits per heavy atom. The van der Waals surface area contributed by atoms with Crippen LogP contribution in [0.1, 0.15) is 31.9 Å². The molecule has 0 saturated carbocycles. The molecule has 0 atom stereocenters. The van der Waals surface area contributed by atoms with Crippen molar-refractivity contribution in [3.63, 3.8) is 0 Å². The molecule has 0 aliphatic heterocycles. The van der Waals surface area contributed by atoms with E-state index in [1.165, 1.54) is 0 Å². The van der Waals surface area contributed by atoms with Crippen LogP contribution in [0, 0.1) is 6.92 Å². The highest BCUT2D eigenvalue weighted by Crippen LogP contribution is 2.29. The van der Waals surface area contributed by atoms with E-state index in [1.807, 2.05) is 13.0 Å². The van der Waals surface area contributed by atoms with E-state index in [4.69, 9.17) is 16.0 Å². The van der Waals surface area contributed by atoms with Crippen molar-refractivity contribution in [3.05, 3.63) is 34.5 Å². The Morgan fingerprint density at radius 3 is 2.65 bits per heavy atom. The van der Waals surface area contributed by atoms with Crippen molar-refractivity contribution in [2.45, 2.75) is 39.8 Å². The largest absolute Gasteiger partial charge is 0.462 e. The summed E-state index contributed by atoms with van der Waals surface area (Å²) in [4.78, 5) is 0. The SMILES string of the molecule is Cc1cc(Cl)c2occ(CNC(C)(C)C)c2c1. The monoisotopic (exact) mass is 251 g/mol. The third-order valence-corrected chi connectivity index (χ3v) is 2.94. The maximum absolute atomic E-state index is 6.15. The second-order valence-corrected chi connectivity index (χ2v) is 5.90. The van der Waals surface area contributed by atoms with Gasteiger partial charge >= 0.3 is 0 Å². The summed E-state index contributed by atoms with van der Waals surface area (Å²) >= 11 is 6.15. The highest BCUT2D eigenvalue weighted by Gasteiger charge is 2.13. The Morgan fingerprint density at radius 2 is 2.00 bits per heavy atom. The summed E-state index contributed by atoms with van der Waals surface area (Å²) in [6, 6.07) is 4.04. The van der Waals surface area contributed by atoms with E-state index in [-0.39, 0.29) is 5.54 Å². The normalized spacial score (nSPS) is 12.3. The summed E-state index contributed by atoms with van der Waals surface area (Å²) in [6.45, 7) is 9.27. The molecule has 0 unspecified atom stereocenters. The van der Waals surface area contributed by atoms with Crippen LogP contribution in [-0.4, -0.2) is 5.54 Å². The van der Waals surface area contributed by atoms with Gasteiger partial charge in [0, 0.05) is 23.0 Å². The first-order valence-corrected chi connectivity index (χ1v) is 6.16. The van der Waals surface area contributed by atoms with Crippen LogP contribution in [0.2, 0.25) is 5.02 Å². The molecule has 0 bridgehead atoms. The second-order valence-electron chi connectivity index (χ2n) is 5.49. The lowest BCUT2D eigenvalue weighted by atomic mass is 10.1. The summed E-state index contributed by atoms with van der Waals surface area (Å²) in [5.74, 6) is 0. The van der Waals surface area contributed by atoms with Gasteiger partial charge in [-0.2, -0.15) is 0 Å². The summed E-state index contributed by atoms with van der Waals surface area (Å²) in [7, 11) is 0. The van der Waals surface area contributed by atoms with Crippen molar-refractivity contribution in [2.24, 2.45) is 0 Å². The fourth-order valence-corrected chi connectivity index (χ4v) is 2.10. The summed E-state index contributed by atoms with van der Waals surface area (Å²) in [6.07, 6.45) is 1.79. The van der Waals surface area contributed by atoms with Gasteiger partial charge in [0.15, 0.2) is 5.58 Å². The Labute approximate surface area is 107 Å². The van der Waals surface area contributed by atoms with E-state index in [9.17, 15) is 0 Å². The van der Waals surface area contributed by atoms with Gasteiger partial charge in [-0.25, -0.2) is 0 Å². The number of aryl methyl sites for hydroxylation is 1. The Balaban J connectivity index is 2.36. The van der Waals surface area contributed by atoms with E-state index in [1.54, 1.807) is 6.26 Å². The molecule has 2 nitrogen and oxygen atoms in total. The van der Waals surface area contributed by atoms with Gasteiger partial charge in [-0.1, -0.05) is 11.6 Å². The van der Waals surface area contributed by atoms with E-state index < -0.39 is 0 Å². The lowest BCUT2D eigenvalue weighted by Crippen LogP contribution is -2.34. The molecule has 0 fully saturated rings. The molecule has 0 spiro atoms. The zero-order chi connectivity index (χ0) is 12.6. The molecule has 1 heterocycles. The van der Waals surface area contributed by atoms with Crippen LogP contribution in [0.15, 0.2) is 22.8 Å². The van der Waals surface area contributed by atoms with Gasteiger partial charge in [0.1, 0.15) is 0 Å². The van der Waals surface area contributed by atoms with Crippen LogP contribution in [0.4, 0.5) is 0 Å². The number of hydrogen-bond acceptors (Lipinski definition) is 2. The first kappa shape index (κ1) is 12.5. The van der Waals surface area contributed by atoms with Crippen LogP contribution < -0.4 is 5.32 Å². The van der Waals surface area contributed by atoms with Gasteiger partial charge in [0.2, 0.25) is 0 Å². The molecule has 1 aromatic heterocycles. The molecule has 17 heavy (non-hydrogen) atoms. The average molecular weight is 252 g/mol. The van der Waals surface area contributed by atoms with E-state index in [2.05, 4.69) is 32.2 Å². The minimum Gasteiger partial charge on any atom is -0.462 e. The first-order valence-electron chi connectivity index (χ1n) is 5.78. The lowest BCUT2D eigenvalue weighted by Gasteiger charge is -2.20. The van der Waals surface area contributed by atoms with Gasteiger partial charge in [-0.05, 0) is 45.4 Å². The predicted molar refractivity (Wildman–Crippen MR) is 72.6 cm³/mol. The van der Waals surface area contributed by atoms with Crippen LogP contribution in [0.5, 0.6) is 0 Å². The van der Waals surface area contributed by atoms with Gasteiger partial charge in [0.05, 0.1) is 11.3 Å². The standard InChI is InChI=1S/C14H18ClNO/c1-9-5-11-10(7-16-14(2,3)4)8-17-13(11)12(15)6-9/h5-6,8,16H,7H2,1-4H3. The predicted octanol–water partition coefficient (Wildman–Crippen LogP) is 4.28. The fraction of sp³-hybridized carbons (Fsp3) is 0.429. The number of nitrogens with one attached hydrogen (secondary N) is 1. The molecule has 1 N–H and O–H groups in total. The number of furan rings is 1. The molecule has 3 heteroatoms. The Bertz CT molecular complexity index is 537. The lowest BCUT2D eigenvalue weighted by molar-refractivity contribution is 0.423. The van der Waals surface area contributed by atoms with Gasteiger partial charge < -0.3 is 9.73 Å². The minimum absolute atomic E-state index is 0.0945.